The Hall–Kier alpha value is -1.14. The Morgan fingerprint density at radius 3 is 2.38 bits per heavy atom. The van der Waals surface area contributed by atoms with Gasteiger partial charge in [0.1, 0.15) is 0 Å². The van der Waals surface area contributed by atoms with E-state index in [1.807, 2.05) is 19.0 Å². The van der Waals surface area contributed by atoms with E-state index in [1.54, 1.807) is 0 Å². The van der Waals surface area contributed by atoms with Crippen LogP contribution in [-0.4, -0.2) is 59.6 Å². The third-order valence-electron chi connectivity index (χ3n) is 3.38. The summed E-state index contributed by atoms with van der Waals surface area (Å²) in [6.45, 7) is 9.86. The van der Waals surface area contributed by atoms with Crippen LogP contribution in [0, 0.1) is 0 Å². The SMILES string of the molecule is CCN(CC)CCCC(C)Nc1nc(Cl)nc(N(C)C)n1. The Morgan fingerprint density at radius 2 is 1.81 bits per heavy atom. The topological polar surface area (TPSA) is 57.2 Å². The first kappa shape index (κ1) is 17.9. The van der Waals surface area contributed by atoms with Crippen molar-refractivity contribution in [3.8, 4) is 0 Å². The van der Waals surface area contributed by atoms with Crippen molar-refractivity contribution >= 4 is 23.5 Å². The molecule has 1 N–H and O–H groups in total. The molecule has 1 heterocycles. The summed E-state index contributed by atoms with van der Waals surface area (Å²) in [5.74, 6) is 1.10. The maximum absolute atomic E-state index is 5.93. The molecule has 0 aromatic carbocycles. The summed E-state index contributed by atoms with van der Waals surface area (Å²) in [4.78, 5) is 16.8. The molecule has 0 amide bonds. The summed E-state index contributed by atoms with van der Waals surface area (Å²) < 4.78 is 0. The van der Waals surface area contributed by atoms with Gasteiger partial charge in [-0.2, -0.15) is 15.0 Å². The Balaban J connectivity index is 2.49. The molecule has 1 unspecified atom stereocenters. The number of nitrogens with zero attached hydrogens (tertiary/aromatic N) is 5. The molecule has 7 heteroatoms. The van der Waals surface area contributed by atoms with Crippen molar-refractivity contribution in [1.82, 2.24) is 19.9 Å². The lowest BCUT2D eigenvalue weighted by atomic mass is 10.2. The van der Waals surface area contributed by atoms with Crippen molar-refractivity contribution in [2.75, 3.05) is 43.9 Å². The van der Waals surface area contributed by atoms with Crippen LogP contribution in [0.4, 0.5) is 11.9 Å². The van der Waals surface area contributed by atoms with E-state index < -0.39 is 0 Å². The summed E-state index contributed by atoms with van der Waals surface area (Å²) in [6, 6.07) is 0.300. The lowest BCUT2D eigenvalue weighted by molar-refractivity contribution is 0.295. The molecule has 0 saturated heterocycles. The van der Waals surface area contributed by atoms with Gasteiger partial charge >= 0.3 is 0 Å². The van der Waals surface area contributed by atoms with E-state index in [-0.39, 0.29) is 5.28 Å². The van der Waals surface area contributed by atoms with Gasteiger partial charge in [-0.05, 0) is 51.0 Å². The lowest BCUT2D eigenvalue weighted by Gasteiger charge is -2.20. The second kappa shape index (κ2) is 9.00. The van der Waals surface area contributed by atoms with Crippen LogP contribution in [0.3, 0.4) is 0 Å². The molecule has 0 spiro atoms. The van der Waals surface area contributed by atoms with E-state index in [0.717, 1.165) is 32.5 Å². The number of rotatable bonds is 9. The molecule has 1 rings (SSSR count). The Morgan fingerprint density at radius 1 is 1.14 bits per heavy atom. The number of anilines is 2. The fraction of sp³-hybridized carbons (Fsp3) is 0.786. The van der Waals surface area contributed by atoms with E-state index >= 15 is 0 Å². The van der Waals surface area contributed by atoms with Gasteiger partial charge in [-0.15, -0.1) is 0 Å². The summed E-state index contributed by atoms with van der Waals surface area (Å²) in [6.07, 6.45) is 2.21. The zero-order chi connectivity index (χ0) is 15.8. The van der Waals surface area contributed by atoms with E-state index in [1.165, 1.54) is 0 Å². The second-order valence-corrected chi connectivity index (χ2v) is 5.68. The number of hydrogen-bond donors (Lipinski definition) is 1. The molecule has 0 fully saturated rings. The van der Waals surface area contributed by atoms with Gasteiger partial charge in [-0.25, -0.2) is 0 Å². The number of hydrogen-bond acceptors (Lipinski definition) is 6. The molecule has 6 nitrogen and oxygen atoms in total. The van der Waals surface area contributed by atoms with Crippen LogP contribution in [0.1, 0.15) is 33.6 Å². The highest BCUT2D eigenvalue weighted by Gasteiger charge is 2.10. The summed E-state index contributed by atoms with van der Waals surface area (Å²) in [5, 5.41) is 3.51. The first-order valence-electron chi connectivity index (χ1n) is 7.54. The molecule has 0 aliphatic carbocycles. The molecule has 0 saturated carbocycles. The predicted octanol–water partition coefficient (Wildman–Crippen LogP) is 2.51. The normalized spacial score (nSPS) is 12.5. The van der Waals surface area contributed by atoms with Gasteiger partial charge in [0, 0.05) is 20.1 Å². The van der Waals surface area contributed by atoms with Crippen LogP contribution in [0.2, 0.25) is 5.28 Å². The van der Waals surface area contributed by atoms with Gasteiger partial charge in [0.05, 0.1) is 0 Å². The maximum atomic E-state index is 5.93. The van der Waals surface area contributed by atoms with Gasteiger partial charge < -0.3 is 15.1 Å². The van der Waals surface area contributed by atoms with Crippen LogP contribution >= 0.6 is 11.6 Å². The number of nitrogens with one attached hydrogen (secondary N) is 1. The first-order chi connectivity index (χ1) is 9.96. The first-order valence-corrected chi connectivity index (χ1v) is 7.91. The predicted molar refractivity (Wildman–Crippen MR) is 89.3 cm³/mol. The summed E-state index contributed by atoms with van der Waals surface area (Å²) in [7, 11) is 3.76. The molecule has 0 aliphatic rings. The number of halogens is 1. The Bertz CT molecular complexity index is 422. The monoisotopic (exact) mass is 314 g/mol. The van der Waals surface area contributed by atoms with Gasteiger partial charge in [-0.1, -0.05) is 13.8 Å². The molecule has 1 atom stereocenters. The van der Waals surface area contributed by atoms with Crippen LogP contribution < -0.4 is 10.2 Å². The van der Waals surface area contributed by atoms with Crippen molar-refractivity contribution in [2.45, 2.75) is 39.7 Å². The van der Waals surface area contributed by atoms with Gasteiger partial charge in [0.15, 0.2) is 0 Å². The molecule has 0 bridgehead atoms. The molecule has 0 radical (unpaired) electrons. The highest BCUT2D eigenvalue weighted by Crippen LogP contribution is 2.13. The second-order valence-electron chi connectivity index (χ2n) is 5.34. The Labute approximate surface area is 132 Å². The minimum absolute atomic E-state index is 0.214. The standard InChI is InChI=1S/C14H27ClN6/c1-6-21(7-2)10-8-9-11(3)16-13-17-12(15)18-14(19-13)20(4)5/h11H,6-10H2,1-5H3,(H,16,17,18,19). The maximum Gasteiger partial charge on any atom is 0.230 e. The largest absolute Gasteiger partial charge is 0.352 e. The fourth-order valence-corrected chi connectivity index (χ4v) is 2.21. The average molecular weight is 315 g/mol. The van der Waals surface area contributed by atoms with Crippen molar-refractivity contribution in [3.05, 3.63) is 5.28 Å². The van der Waals surface area contributed by atoms with Gasteiger partial charge in [0.2, 0.25) is 17.2 Å². The molecule has 21 heavy (non-hydrogen) atoms. The fourth-order valence-electron chi connectivity index (χ4n) is 2.06. The zero-order valence-electron chi connectivity index (χ0n) is 13.7. The van der Waals surface area contributed by atoms with E-state index in [2.05, 4.69) is 45.9 Å². The van der Waals surface area contributed by atoms with Crippen LogP contribution in [0.15, 0.2) is 0 Å². The van der Waals surface area contributed by atoms with E-state index in [9.17, 15) is 0 Å². The minimum atomic E-state index is 0.214. The van der Waals surface area contributed by atoms with Crippen LogP contribution in [0.5, 0.6) is 0 Å². The smallest absolute Gasteiger partial charge is 0.230 e. The third kappa shape index (κ3) is 6.44. The van der Waals surface area contributed by atoms with Crippen molar-refractivity contribution in [2.24, 2.45) is 0 Å². The molecule has 1 aromatic heterocycles. The lowest BCUT2D eigenvalue weighted by Crippen LogP contribution is -2.26. The van der Waals surface area contributed by atoms with Gasteiger partial charge in [-0.3, -0.25) is 0 Å². The molecule has 1 aromatic rings. The quantitative estimate of drug-likeness (QED) is 0.756. The summed E-state index contributed by atoms with van der Waals surface area (Å²) >= 11 is 5.93. The summed E-state index contributed by atoms with van der Waals surface area (Å²) in [5.41, 5.74) is 0. The zero-order valence-corrected chi connectivity index (χ0v) is 14.5. The molecular formula is C14H27ClN6. The van der Waals surface area contributed by atoms with Crippen LogP contribution in [-0.2, 0) is 0 Å². The van der Waals surface area contributed by atoms with Crippen molar-refractivity contribution < 1.29 is 0 Å². The van der Waals surface area contributed by atoms with Crippen molar-refractivity contribution in [1.29, 1.82) is 0 Å². The molecule has 120 valence electrons. The highest BCUT2D eigenvalue weighted by molar-refractivity contribution is 6.28. The number of aromatic nitrogens is 3. The Kier molecular flexibility index (Phi) is 7.67. The van der Waals surface area contributed by atoms with E-state index in [0.29, 0.717) is 17.9 Å². The molecule has 0 aliphatic heterocycles. The average Bonchev–Trinajstić information content (AvgIpc) is 2.43. The highest BCUT2D eigenvalue weighted by atomic mass is 35.5. The molecular weight excluding hydrogens is 288 g/mol. The van der Waals surface area contributed by atoms with E-state index in [4.69, 9.17) is 11.6 Å². The van der Waals surface area contributed by atoms with Gasteiger partial charge in [0.25, 0.3) is 0 Å². The van der Waals surface area contributed by atoms with Crippen molar-refractivity contribution in [3.63, 3.8) is 0 Å². The third-order valence-corrected chi connectivity index (χ3v) is 3.55. The minimum Gasteiger partial charge on any atom is -0.352 e. The van der Waals surface area contributed by atoms with Crippen LogP contribution in [0.25, 0.3) is 0 Å².